The largest absolute Gasteiger partial charge is 0.506 e. The van der Waals surface area contributed by atoms with Crippen LogP contribution in [0.1, 0.15) is 110 Å². The average Bonchev–Trinajstić information content (AvgIpc) is 2.64. The van der Waals surface area contributed by atoms with Gasteiger partial charge in [0.2, 0.25) is 0 Å². The predicted octanol–water partition coefficient (Wildman–Crippen LogP) is 7.04. The summed E-state index contributed by atoms with van der Waals surface area (Å²) in [5.74, 6) is -0.349. The lowest BCUT2D eigenvalue weighted by atomic mass is 9.25. The monoisotopic (exact) mass is 477 g/mol. The number of carbonyl (C=O) groups is 1. The average molecular weight is 478 g/mol. The number of anilines is 1. The van der Waals surface area contributed by atoms with Gasteiger partial charge in [-0.1, -0.05) is 33.8 Å². The number of carboxylic acids is 1. The van der Waals surface area contributed by atoms with Crippen LogP contribution in [0.3, 0.4) is 0 Å². The molecule has 190 valence electrons. The van der Waals surface area contributed by atoms with Gasteiger partial charge in [0.15, 0.2) is 0 Å². The molecule has 4 N–H and O–H groups in total. The van der Waals surface area contributed by atoms with Crippen molar-refractivity contribution < 1.29 is 15.0 Å². The van der Waals surface area contributed by atoms with Gasteiger partial charge < -0.3 is 15.9 Å². The summed E-state index contributed by atoms with van der Waals surface area (Å²) in [5, 5.41) is 20.8. The maximum absolute atomic E-state index is 12.9. The number of aliphatic carboxylic acids is 1. The fourth-order valence-electron chi connectivity index (χ4n) is 13.9. The molecule has 0 spiro atoms. The molecule has 4 nitrogen and oxygen atoms in total. The van der Waals surface area contributed by atoms with Crippen LogP contribution in [0.4, 0.5) is 5.69 Å². The van der Waals surface area contributed by atoms with Crippen molar-refractivity contribution in [2.45, 2.75) is 110 Å². The standard InChI is InChI=1S/C31H43NO3/c1-24-8-25(2)11-28(10-24,20-5-6-22(33)21(32)7-20)18-30(14-24,15-25)31-16-26(3)9-27(4,17-31)13-29(12-26,19-31)23(34)35/h5-7,33H,8-19,32H2,1-4H3,(H,34,35). The SMILES string of the molecule is CC12CC3(C)CC(C(=O)O)(C1)CC(C14CC5(C)CC(C)(CC(c6ccc(O)c(N)c6)(C5)C1)C4)(C2)C3. The first kappa shape index (κ1) is 22.5. The molecule has 0 radical (unpaired) electrons. The summed E-state index contributed by atoms with van der Waals surface area (Å²) in [7, 11) is 0. The molecule has 8 aliphatic rings. The minimum Gasteiger partial charge on any atom is -0.506 e. The summed E-state index contributed by atoms with van der Waals surface area (Å²) in [6, 6.07) is 6.00. The molecule has 0 aliphatic heterocycles. The molecule has 8 saturated carbocycles. The van der Waals surface area contributed by atoms with Crippen LogP contribution in [0, 0.1) is 37.9 Å². The van der Waals surface area contributed by atoms with Crippen molar-refractivity contribution in [2.75, 3.05) is 5.73 Å². The second-order valence-corrected chi connectivity index (χ2v) is 16.6. The van der Waals surface area contributed by atoms with Gasteiger partial charge in [0.05, 0.1) is 11.1 Å². The van der Waals surface area contributed by atoms with Crippen molar-refractivity contribution in [1.82, 2.24) is 0 Å². The van der Waals surface area contributed by atoms with Crippen molar-refractivity contribution >= 4 is 11.7 Å². The zero-order valence-corrected chi connectivity index (χ0v) is 22.1. The van der Waals surface area contributed by atoms with Gasteiger partial charge in [-0.15, -0.1) is 0 Å². The summed E-state index contributed by atoms with van der Waals surface area (Å²) in [6.45, 7) is 9.92. The van der Waals surface area contributed by atoms with E-state index in [0.29, 0.717) is 5.69 Å². The number of nitrogen functional groups attached to an aromatic ring is 1. The number of rotatable bonds is 3. The van der Waals surface area contributed by atoms with E-state index in [1.807, 2.05) is 0 Å². The fraction of sp³-hybridized carbons (Fsp3) is 0.774. The summed E-state index contributed by atoms with van der Waals surface area (Å²) in [4.78, 5) is 12.9. The van der Waals surface area contributed by atoms with E-state index in [1.54, 1.807) is 6.07 Å². The van der Waals surface area contributed by atoms with Crippen LogP contribution in [0.25, 0.3) is 0 Å². The molecule has 0 heterocycles. The normalized spacial score (nSPS) is 55.4. The molecule has 8 bridgehead atoms. The Kier molecular flexibility index (Phi) is 3.78. The highest BCUT2D eigenvalue weighted by Gasteiger charge is 2.77. The van der Waals surface area contributed by atoms with Crippen molar-refractivity contribution in [3.05, 3.63) is 23.8 Å². The van der Waals surface area contributed by atoms with Crippen LogP contribution in [0.5, 0.6) is 5.75 Å². The Labute approximate surface area is 210 Å². The Morgan fingerprint density at radius 3 is 1.69 bits per heavy atom. The van der Waals surface area contributed by atoms with Crippen LogP contribution in [-0.4, -0.2) is 16.2 Å². The smallest absolute Gasteiger partial charge is 0.309 e. The number of benzene rings is 1. The number of aromatic hydroxyl groups is 1. The molecular weight excluding hydrogens is 434 g/mol. The lowest BCUT2D eigenvalue weighted by molar-refractivity contribution is -0.286. The van der Waals surface area contributed by atoms with Crippen LogP contribution in [0.15, 0.2) is 18.2 Å². The molecule has 9 rings (SSSR count). The molecule has 35 heavy (non-hydrogen) atoms. The van der Waals surface area contributed by atoms with E-state index < -0.39 is 11.4 Å². The highest BCUT2D eigenvalue weighted by molar-refractivity contribution is 5.76. The van der Waals surface area contributed by atoms with Crippen molar-refractivity contribution in [2.24, 2.45) is 37.9 Å². The molecule has 1 aromatic rings. The third-order valence-corrected chi connectivity index (χ3v) is 12.4. The molecule has 4 atom stereocenters. The van der Waals surface area contributed by atoms with Gasteiger partial charge in [-0.3, -0.25) is 4.79 Å². The molecule has 0 amide bonds. The van der Waals surface area contributed by atoms with E-state index in [4.69, 9.17) is 5.73 Å². The molecule has 4 heteroatoms. The van der Waals surface area contributed by atoms with Crippen molar-refractivity contribution in [1.29, 1.82) is 0 Å². The summed E-state index contributed by atoms with van der Waals surface area (Å²) in [5.41, 5.74) is 8.71. The second kappa shape index (κ2) is 5.89. The number of nitrogens with two attached hydrogens (primary N) is 1. The zero-order chi connectivity index (χ0) is 24.9. The second-order valence-electron chi connectivity index (χ2n) is 16.6. The van der Waals surface area contributed by atoms with Gasteiger partial charge in [-0.05, 0) is 133 Å². The highest BCUT2D eigenvalue weighted by Crippen LogP contribution is 2.85. The first-order chi connectivity index (χ1) is 16.1. The number of phenols is 1. The maximum Gasteiger partial charge on any atom is 0.309 e. The number of carboxylic acid groups (broad SMARTS) is 1. The Balaban J connectivity index is 1.42. The third kappa shape index (κ3) is 2.72. The molecule has 4 unspecified atom stereocenters. The molecule has 8 fully saturated rings. The van der Waals surface area contributed by atoms with Gasteiger partial charge in [0.1, 0.15) is 5.75 Å². The van der Waals surface area contributed by atoms with Crippen LogP contribution >= 0.6 is 0 Å². The first-order valence-electron chi connectivity index (χ1n) is 13.9. The van der Waals surface area contributed by atoms with Crippen molar-refractivity contribution in [3.8, 4) is 5.75 Å². The van der Waals surface area contributed by atoms with Gasteiger partial charge >= 0.3 is 5.97 Å². The van der Waals surface area contributed by atoms with Gasteiger partial charge in [-0.25, -0.2) is 0 Å². The maximum atomic E-state index is 12.9. The Hall–Kier alpha value is -1.71. The van der Waals surface area contributed by atoms with Gasteiger partial charge in [-0.2, -0.15) is 0 Å². The quantitative estimate of drug-likeness (QED) is 0.322. The van der Waals surface area contributed by atoms with E-state index >= 15 is 0 Å². The lowest BCUT2D eigenvalue weighted by Gasteiger charge is -2.79. The fourth-order valence-corrected chi connectivity index (χ4v) is 13.9. The van der Waals surface area contributed by atoms with E-state index in [-0.39, 0.29) is 43.7 Å². The molecular formula is C31H43NO3. The third-order valence-electron chi connectivity index (χ3n) is 12.4. The van der Waals surface area contributed by atoms with Crippen LogP contribution in [-0.2, 0) is 10.2 Å². The Morgan fingerprint density at radius 1 is 0.714 bits per heavy atom. The van der Waals surface area contributed by atoms with E-state index in [2.05, 4.69) is 39.8 Å². The predicted molar refractivity (Wildman–Crippen MR) is 137 cm³/mol. The minimum absolute atomic E-state index is 0.0710. The summed E-state index contributed by atoms with van der Waals surface area (Å²) in [6.07, 6.45) is 13.6. The highest BCUT2D eigenvalue weighted by atomic mass is 16.4. The number of hydrogen-bond donors (Lipinski definition) is 3. The molecule has 0 aromatic heterocycles. The van der Waals surface area contributed by atoms with Crippen LogP contribution < -0.4 is 5.73 Å². The summed E-state index contributed by atoms with van der Waals surface area (Å²) >= 11 is 0. The topological polar surface area (TPSA) is 83.5 Å². The zero-order valence-electron chi connectivity index (χ0n) is 22.1. The van der Waals surface area contributed by atoms with Gasteiger partial charge in [0.25, 0.3) is 0 Å². The number of phenolic OH excluding ortho intramolecular Hbond substituents is 1. The Bertz CT molecular complexity index is 1130. The lowest BCUT2D eigenvalue weighted by Crippen LogP contribution is -2.71. The minimum atomic E-state index is -0.542. The molecule has 1 aromatic carbocycles. The molecule has 0 saturated heterocycles. The van der Waals surface area contributed by atoms with E-state index in [0.717, 1.165) is 25.7 Å². The van der Waals surface area contributed by atoms with E-state index in [9.17, 15) is 15.0 Å². The number of hydrogen-bond acceptors (Lipinski definition) is 3. The first-order valence-corrected chi connectivity index (χ1v) is 13.9. The summed E-state index contributed by atoms with van der Waals surface area (Å²) < 4.78 is 0. The van der Waals surface area contributed by atoms with E-state index in [1.165, 1.54) is 56.9 Å². The van der Waals surface area contributed by atoms with Gasteiger partial charge in [0, 0.05) is 0 Å². The Morgan fingerprint density at radius 2 is 1.20 bits per heavy atom. The van der Waals surface area contributed by atoms with Crippen LogP contribution in [0.2, 0.25) is 0 Å². The van der Waals surface area contributed by atoms with Crippen molar-refractivity contribution in [3.63, 3.8) is 0 Å². The molecule has 8 aliphatic carbocycles.